The van der Waals surface area contributed by atoms with Crippen LogP contribution >= 0.6 is 15.9 Å². The van der Waals surface area contributed by atoms with E-state index in [1.807, 2.05) is 6.92 Å². The zero-order valence-corrected chi connectivity index (χ0v) is 13.7. The Bertz CT molecular complexity index is 487. The minimum Gasteiger partial charge on any atom is -0.444 e. The standard InChI is InChI=1S/C14H20BrFN2O2/c1-9-7-10(15)11(16)8-12(9)17-5-6-18-13(19)20-14(2,3)4/h7-8,17H,5-6H2,1-4H3,(H,18,19). The molecule has 0 saturated heterocycles. The normalized spacial score (nSPS) is 11.1. The average Bonchev–Trinajstić information content (AvgIpc) is 2.28. The molecule has 112 valence electrons. The number of carbonyl (C=O) groups excluding carboxylic acids is 1. The van der Waals surface area contributed by atoms with E-state index in [0.717, 1.165) is 5.56 Å². The van der Waals surface area contributed by atoms with E-state index in [1.54, 1.807) is 26.8 Å². The first-order valence-corrected chi connectivity index (χ1v) is 7.15. The van der Waals surface area contributed by atoms with E-state index >= 15 is 0 Å². The first-order valence-electron chi connectivity index (χ1n) is 6.35. The van der Waals surface area contributed by atoms with Gasteiger partial charge in [0.2, 0.25) is 0 Å². The van der Waals surface area contributed by atoms with E-state index < -0.39 is 11.7 Å². The molecule has 0 heterocycles. The summed E-state index contributed by atoms with van der Waals surface area (Å²) in [6, 6.07) is 3.13. The Morgan fingerprint density at radius 1 is 1.35 bits per heavy atom. The first kappa shape index (κ1) is 16.8. The Balaban J connectivity index is 2.38. The molecule has 4 nitrogen and oxygen atoms in total. The molecule has 6 heteroatoms. The van der Waals surface area contributed by atoms with Gasteiger partial charge < -0.3 is 15.4 Å². The number of nitrogens with one attached hydrogen (secondary N) is 2. The number of anilines is 1. The highest BCUT2D eigenvalue weighted by Crippen LogP contribution is 2.23. The number of alkyl carbamates (subject to hydrolysis) is 1. The quantitative estimate of drug-likeness (QED) is 0.814. The van der Waals surface area contributed by atoms with Crippen LogP contribution < -0.4 is 10.6 Å². The summed E-state index contributed by atoms with van der Waals surface area (Å²) >= 11 is 3.13. The third-order valence-electron chi connectivity index (χ3n) is 2.38. The number of rotatable bonds is 4. The van der Waals surface area contributed by atoms with E-state index in [9.17, 15) is 9.18 Å². The third-order valence-corrected chi connectivity index (χ3v) is 2.98. The molecule has 0 radical (unpaired) electrons. The minimum atomic E-state index is -0.511. The number of ether oxygens (including phenoxy) is 1. The van der Waals surface area contributed by atoms with Crippen LogP contribution in [0.25, 0.3) is 0 Å². The second-order valence-corrected chi connectivity index (χ2v) is 6.29. The Hall–Kier alpha value is -1.30. The maximum absolute atomic E-state index is 13.4. The molecule has 1 amide bonds. The predicted molar refractivity (Wildman–Crippen MR) is 81.6 cm³/mol. The van der Waals surface area contributed by atoms with Gasteiger partial charge in [0.1, 0.15) is 11.4 Å². The Labute approximate surface area is 127 Å². The molecular weight excluding hydrogens is 327 g/mol. The second kappa shape index (κ2) is 6.92. The van der Waals surface area contributed by atoms with Crippen LogP contribution in [0.2, 0.25) is 0 Å². The Kier molecular flexibility index (Phi) is 5.80. The fourth-order valence-electron chi connectivity index (χ4n) is 1.51. The molecule has 2 N–H and O–H groups in total. The molecule has 0 aliphatic rings. The number of hydrogen-bond donors (Lipinski definition) is 2. The van der Waals surface area contributed by atoms with Gasteiger partial charge in [0.15, 0.2) is 0 Å². The number of halogens is 2. The van der Waals surface area contributed by atoms with Gasteiger partial charge >= 0.3 is 6.09 Å². The van der Waals surface area contributed by atoms with E-state index in [4.69, 9.17) is 4.74 Å². The molecule has 0 atom stereocenters. The van der Waals surface area contributed by atoms with E-state index in [2.05, 4.69) is 26.6 Å². The molecule has 0 aliphatic carbocycles. The summed E-state index contributed by atoms with van der Waals surface area (Å²) in [5.74, 6) is -0.321. The van der Waals surface area contributed by atoms with Crippen LogP contribution in [0.1, 0.15) is 26.3 Å². The molecule has 1 rings (SSSR count). The van der Waals surface area contributed by atoms with Gasteiger partial charge in [-0.1, -0.05) is 0 Å². The van der Waals surface area contributed by atoms with Crippen LogP contribution in [-0.4, -0.2) is 24.8 Å². The lowest BCUT2D eigenvalue weighted by atomic mass is 10.2. The number of benzene rings is 1. The summed E-state index contributed by atoms with van der Waals surface area (Å²) in [5.41, 5.74) is 1.12. The highest BCUT2D eigenvalue weighted by atomic mass is 79.9. The molecule has 0 aliphatic heterocycles. The van der Waals surface area contributed by atoms with Crippen LogP contribution in [0.15, 0.2) is 16.6 Å². The van der Waals surface area contributed by atoms with E-state index in [1.165, 1.54) is 6.07 Å². The van der Waals surface area contributed by atoms with Gasteiger partial charge in [-0.3, -0.25) is 0 Å². The van der Waals surface area contributed by atoms with Crippen molar-refractivity contribution in [1.82, 2.24) is 5.32 Å². The Morgan fingerprint density at radius 3 is 2.60 bits per heavy atom. The summed E-state index contributed by atoms with van der Waals surface area (Å²) < 4.78 is 18.9. The molecule has 0 spiro atoms. The van der Waals surface area contributed by atoms with Crippen molar-refractivity contribution in [3.8, 4) is 0 Å². The number of carbonyl (C=O) groups is 1. The number of hydrogen-bond acceptors (Lipinski definition) is 3. The summed E-state index contributed by atoms with van der Waals surface area (Å²) in [5, 5.41) is 5.70. The highest BCUT2D eigenvalue weighted by molar-refractivity contribution is 9.10. The third kappa shape index (κ3) is 5.77. The fraction of sp³-hybridized carbons (Fsp3) is 0.500. The van der Waals surface area contributed by atoms with Crippen molar-refractivity contribution in [3.63, 3.8) is 0 Å². The molecule has 0 fully saturated rings. The first-order chi connectivity index (χ1) is 9.19. The molecule has 0 aromatic heterocycles. The smallest absolute Gasteiger partial charge is 0.407 e. The van der Waals surface area contributed by atoms with Crippen molar-refractivity contribution in [2.24, 2.45) is 0 Å². The van der Waals surface area contributed by atoms with Gasteiger partial charge in [0, 0.05) is 18.8 Å². The van der Waals surface area contributed by atoms with Crippen molar-refractivity contribution in [2.45, 2.75) is 33.3 Å². The van der Waals surface area contributed by atoms with Crippen LogP contribution in [0.5, 0.6) is 0 Å². The van der Waals surface area contributed by atoms with Crippen LogP contribution in [0.4, 0.5) is 14.9 Å². The average molecular weight is 347 g/mol. The van der Waals surface area contributed by atoms with E-state index in [-0.39, 0.29) is 5.82 Å². The molecule has 0 unspecified atom stereocenters. The zero-order valence-electron chi connectivity index (χ0n) is 12.1. The molecule has 0 bridgehead atoms. The molecule has 1 aromatic rings. The van der Waals surface area contributed by atoms with Gasteiger partial charge in [-0.05, 0) is 61.3 Å². The molecule has 0 saturated carbocycles. The maximum Gasteiger partial charge on any atom is 0.407 e. The van der Waals surface area contributed by atoms with Gasteiger partial charge in [0.25, 0.3) is 0 Å². The molecular formula is C14H20BrFN2O2. The molecule has 20 heavy (non-hydrogen) atoms. The fourth-order valence-corrected chi connectivity index (χ4v) is 1.97. The second-order valence-electron chi connectivity index (χ2n) is 5.44. The monoisotopic (exact) mass is 346 g/mol. The summed E-state index contributed by atoms with van der Waals surface area (Å²) in [4.78, 5) is 11.4. The van der Waals surface area contributed by atoms with Crippen molar-refractivity contribution >= 4 is 27.7 Å². The largest absolute Gasteiger partial charge is 0.444 e. The van der Waals surface area contributed by atoms with Crippen molar-refractivity contribution in [3.05, 3.63) is 28.0 Å². The van der Waals surface area contributed by atoms with Crippen molar-refractivity contribution < 1.29 is 13.9 Å². The SMILES string of the molecule is Cc1cc(Br)c(F)cc1NCCNC(=O)OC(C)(C)C. The summed E-state index contributed by atoms with van der Waals surface area (Å²) in [6.07, 6.45) is -0.460. The lowest BCUT2D eigenvalue weighted by molar-refractivity contribution is 0.0530. The summed E-state index contributed by atoms with van der Waals surface area (Å²) in [7, 11) is 0. The Morgan fingerprint density at radius 2 is 2.00 bits per heavy atom. The number of aryl methyl sites for hydroxylation is 1. The van der Waals surface area contributed by atoms with Gasteiger partial charge in [0.05, 0.1) is 4.47 Å². The predicted octanol–water partition coefficient (Wildman–Crippen LogP) is 3.83. The number of amides is 1. The molecule has 1 aromatic carbocycles. The lowest BCUT2D eigenvalue weighted by Crippen LogP contribution is -2.35. The highest BCUT2D eigenvalue weighted by Gasteiger charge is 2.15. The zero-order chi connectivity index (χ0) is 15.3. The summed E-state index contributed by atoms with van der Waals surface area (Å²) in [6.45, 7) is 8.18. The van der Waals surface area contributed by atoms with Crippen LogP contribution in [0.3, 0.4) is 0 Å². The van der Waals surface area contributed by atoms with Gasteiger partial charge in [-0.25, -0.2) is 9.18 Å². The van der Waals surface area contributed by atoms with Crippen molar-refractivity contribution in [1.29, 1.82) is 0 Å². The topological polar surface area (TPSA) is 50.4 Å². The van der Waals surface area contributed by atoms with Gasteiger partial charge in [-0.15, -0.1) is 0 Å². The van der Waals surface area contributed by atoms with Crippen LogP contribution in [-0.2, 0) is 4.74 Å². The minimum absolute atomic E-state index is 0.321. The van der Waals surface area contributed by atoms with Gasteiger partial charge in [-0.2, -0.15) is 0 Å². The lowest BCUT2D eigenvalue weighted by Gasteiger charge is -2.19. The van der Waals surface area contributed by atoms with E-state index in [0.29, 0.717) is 23.2 Å². The van der Waals surface area contributed by atoms with Crippen LogP contribution in [0, 0.1) is 12.7 Å². The van der Waals surface area contributed by atoms with Crippen molar-refractivity contribution in [2.75, 3.05) is 18.4 Å². The maximum atomic E-state index is 13.4.